The third kappa shape index (κ3) is 1.78. The highest BCUT2D eigenvalue weighted by Crippen LogP contribution is 2.32. The van der Waals surface area contributed by atoms with Gasteiger partial charge in [0.05, 0.1) is 24.0 Å². The zero-order chi connectivity index (χ0) is 13.7. The number of nitrogens with one attached hydrogen (secondary N) is 1. The van der Waals surface area contributed by atoms with E-state index >= 15 is 0 Å². The lowest BCUT2D eigenvalue weighted by Crippen LogP contribution is -2.30. The van der Waals surface area contributed by atoms with Crippen LogP contribution in [0.2, 0.25) is 5.02 Å². The summed E-state index contributed by atoms with van der Waals surface area (Å²) in [6.45, 7) is 1.79. The van der Waals surface area contributed by atoms with Crippen LogP contribution >= 0.6 is 11.6 Å². The summed E-state index contributed by atoms with van der Waals surface area (Å²) in [4.78, 5) is 2.32. The van der Waals surface area contributed by atoms with E-state index in [1.165, 1.54) is 5.56 Å². The maximum absolute atomic E-state index is 6.21. The van der Waals surface area contributed by atoms with Crippen LogP contribution in [-0.4, -0.2) is 26.5 Å². The molecule has 0 saturated carbocycles. The minimum atomic E-state index is 0.726. The van der Waals surface area contributed by atoms with E-state index < -0.39 is 0 Å². The molecule has 1 aromatic carbocycles. The number of aromatic nitrogens is 4. The molecule has 0 spiro atoms. The SMILES string of the molecule is Cn1cc2c(n1)CN(c1cc(Cl)cc3[nH]ncc13)CC2. The number of benzene rings is 1. The zero-order valence-electron chi connectivity index (χ0n) is 11.1. The summed E-state index contributed by atoms with van der Waals surface area (Å²) in [7, 11) is 1.97. The molecule has 0 aliphatic carbocycles. The first-order valence-corrected chi connectivity index (χ1v) is 6.97. The van der Waals surface area contributed by atoms with Crippen molar-refractivity contribution in [1.29, 1.82) is 0 Å². The third-order valence-electron chi connectivity index (χ3n) is 3.83. The van der Waals surface area contributed by atoms with Gasteiger partial charge in [-0.1, -0.05) is 11.6 Å². The fourth-order valence-electron chi connectivity index (χ4n) is 2.91. The standard InChI is InChI=1S/C14H14ClN5/c1-19-7-9-2-3-20(8-13(9)18-19)14-5-10(15)4-12-11(14)6-16-17-12/h4-7H,2-3,8H2,1H3,(H,16,17). The van der Waals surface area contributed by atoms with Crippen molar-refractivity contribution in [3.8, 4) is 0 Å². The Morgan fingerprint density at radius 2 is 2.25 bits per heavy atom. The molecule has 102 valence electrons. The van der Waals surface area contributed by atoms with Crippen LogP contribution in [0.25, 0.3) is 10.9 Å². The lowest BCUT2D eigenvalue weighted by atomic mass is 10.1. The Bertz CT molecular complexity index is 788. The van der Waals surface area contributed by atoms with Gasteiger partial charge in [-0.15, -0.1) is 0 Å². The smallest absolute Gasteiger partial charge is 0.0850 e. The lowest BCUT2D eigenvalue weighted by molar-refractivity contribution is 0.697. The van der Waals surface area contributed by atoms with Crippen LogP contribution in [0.5, 0.6) is 0 Å². The molecule has 20 heavy (non-hydrogen) atoms. The van der Waals surface area contributed by atoms with Crippen molar-refractivity contribution in [2.75, 3.05) is 11.4 Å². The van der Waals surface area contributed by atoms with E-state index in [0.29, 0.717) is 0 Å². The Morgan fingerprint density at radius 3 is 3.15 bits per heavy atom. The molecule has 2 aromatic heterocycles. The molecule has 0 amide bonds. The van der Waals surface area contributed by atoms with E-state index in [4.69, 9.17) is 11.6 Å². The Hall–Kier alpha value is -2.01. The molecule has 0 radical (unpaired) electrons. The molecule has 0 saturated heterocycles. The highest BCUT2D eigenvalue weighted by Gasteiger charge is 2.21. The second-order valence-corrected chi connectivity index (χ2v) is 5.64. The molecular formula is C14H14ClN5. The molecule has 4 rings (SSSR count). The molecule has 0 fully saturated rings. The Kier molecular flexibility index (Phi) is 2.50. The Morgan fingerprint density at radius 1 is 1.35 bits per heavy atom. The molecule has 6 heteroatoms. The number of aryl methyl sites for hydroxylation is 1. The van der Waals surface area contributed by atoms with Crippen LogP contribution in [0.15, 0.2) is 24.5 Å². The lowest BCUT2D eigenvalue weighted by Gasteiger charge is -2.28. The van der Waals surface area contributed by atoms with Gasteiger partial charge in [0, 0.05) is 35.9 Å². The monoisotopic (exact) mass is 287 g/mol. The average Bonchev–Trinajstić information content (AvgIpc) is 3.01. The Labute approximate surface area is 121 Å². The van der Waals surface area contributed by atoms with Crippen molar-refractivity contribution in [3.63, 3.8) is 0 Å². The van der Waals surface area contributed by atoms with Gasteiger partial charge in [0.1, 0.15) is 0 Å². The van der Waals surface area contributed by atoms with Crippen LogP contribution in [0, 0.1) is 0 Å². The van der Waals surface area contributed by atoms with Gasteiger partial charge < -0.3 is 4.90 Å². The first kappa shape index (κ1) is 11.8. The van der Waals surface area contributed by atoms with Gasteiger partial charge in [-0.25, -0.2) is 0 Å². The van der Waals surface area contributed by atoms with Gasteiger partial charge in [0.2, 0.25) is 0 Å². The summed E-state index contributed by atoms with van der Waals surface area (Å²) in [6.07, 6.45) is 4.97. The van der Waals surface area contributed by atoms with Crippen LogP contribution < -0.4 is 4.90 Å². The van der Waals surface area contributed by atoms with Gasteiger partial charge in [-0.3, -0.25) is 9.78 Å². The number of aromatic amines is 1. The number of rotatable bonds is 1. The van der Waals surface area contributed by atoms with Crippen molar-refractivity contribution in [3.05, 3.63) is 40.8 Å². The molecule has 0 unspecified atom stereocenters. The maximum atomic E-state index is 6.21. The number of hydrogen-bond acceptors (Lipinski definition) is 3. The van der Waals surface area contributed by atoms with Crippen LogP contribution in [-0.2, 0) is 20.0 Å². The maximum Gasteiger partial charge on any atom is 0.0850 e. The first-order valence-electron chi connectivity index (χ1n) is 6.60. The number of hydrogen-bond donors (Lipinski definition) is 1. The van der Waals surface area contributed by atoms with Gasteiger partial charge in [-0.2, -0.15) is 10.2 Å². The minimum absolute atomic E-state index is 0.726. The summed E-state index contributed by atoms with van der Waals surface area (Å²) in [5.41, 5.74) is 4.58. The normalized spacial score (nSPS) is 14.8. The highest BCUT2D eigenvalue weighted by atomic mass is 35.5. The van der Waals surface area contributed by atoms with Crippen molar-refractivity contribution in [1.82, 2.24) is 20.0 Å². The highest BCUT2D eigenvalue weighted by molar-refractivity contribution is 6.31. The summed E-state index contributed by atoms with van der Waals surface area (Å²) in [5, 5.41) is 13.5. The van der Waals surface area contributed by atoms with Gasteiger partial charge in [0.15, 0.2) is 0 Å². The van der Waals surface area contributed by atoms with E-state index in [-0.39, 0.29) is 0 Å². The molecule has 1 aliphatic heterocycles. The number of H-pyrrole nitrogens is 1. The topological polar surface area (TPSA) is 49.7 Å². The predicted molar refractivity (Wildman–Crippen MR) is 79.1 cm³/mol. The fourth-order valence-corrected chi connectivity index (χ4v) is 3.12. The van der Waals surface area contributed by atoms with E-state index in [1.54, 1.807) is 0 Å². The van der Waals surface area contributed by atoms with Crippen LogP contribution in [0.1, 0.15) is 11.3 Å². The predicted octanol–water partition coefficient (Wildman–Crippen LogP) is 2.51. The number of fused-ring (bicyclic) bond motifs is 2. The molecule has 0 atom stereocenters. The van der Waals surface area contributed by atoms with Crippen LogP contribution in [0.4, 0.5) is 5.69 Å². The summed E-state index contributed by atoms with van der Waals surface area (Å²) < 4.78 is 1.89. The van der Waals surface area contributed by atoms with Gasteiger partial charge >= 0.3 is 0 Å². The molecule has 0 bridgehead atoms. The largest absolute Gasteiger partial charge is 0.365 e. The van der Waals surface area contributed by atoms with Crippen molar-refractivity contribution in [2.45, 2.75) is 13.0 Å². The number of anilines is 1. The van der Waals surface area contributed by atoms with E-state index in [0.717, 1.165) is 46.8 Å². The molecule has 1 aliphatic rings. The van der Waals surface area contributed by atoms with Crippen molar-refractivity contribution >= 4 is 28.2 Å². The van der Waals surface area contributed by atoms with Gasteiger partial charge in [0.25, 0.3) is 0 Å². The van der Waals surface area contributed by atoms with E-state index in [2.05, 4.69) is 26.4 Å². The number of nitrogens with zero attached hydrogens (tertiary/aromatic N) is 4. The molecule has 3 aromatic rings. The number of halogens is 1. The Balaban J connectivity index is 1.79. The average molecular weight is 288 g/mol. The molecular weight excluding hydrogens is 274 g/mol. The second kappa shape index (κ2) is 4.24. The van der Waals surface area contributed by atoms with E-state index in [1.807, 2.05) is 30.1 Å². The summed E-state index contributed by atoms with van der Waals surface area (Å²) in [5.74, 6) is 0. The van der Waals surface area contributed by atoms with E-state index in [9.17, 15) is 0 Å². The second-order valence-electron chi connectivity index (χ2n) is 5.20. The van der Waals surface area contributed by atoms with Crippen molar-refractivity contribution < 1.29 is 0 Å². The fraction of sp³-hybridized carbons (Fsp3) is 0.286. The summed E-state index contributed by atoms with van der Waals surface area (Å²) >= 11 is 6.21. The van der Waals surface area contributed by atoms with Crippen LogP contribution in [0.3, 0.4) is 0 Å². The molecule has 3 heterocycles. The zero-order valence-corrected chi connectivity index (χ0v) is 11.9. The quantitative estimate of drug-likeness (QED) is 0.748. The molecule has 5 nitrogen and oxygen atoms in total. The first-order chi connectivity index (χ1) is 9.70. The summed E-state index contributed by atoms with van der Waals surface area (Å²) in [6, 6.07) is 3.91. The van der Waals surface area contributed by atoms with Gasteiger partial charge in [-0.05, 0) is 24.1 Å². The van der Waals surface area contributed by atoms with Crippen molar-refractivity contribution in [2.24, 2.45) is 7.05 Å². The molecule has 1 N–H and O–H groups in total. The minimum Gasteiger partial charge on any atom is -0.365 e. The third-order valence-corrected chi connectivity index (χ3v) is 4.04.